The van der Waals surface area contributed by atoms with Crippen LogP contribution in [0, 0.1) is 0 Å². The van der Waals surface area contributed by atoms with Crippen LogP contribution in [0.4, 0.5) is 0 Å². The SMILES string of the molecule is CN(Cc1ccccc1)C(=O)C(O)/C=C/OCc1ccccc1. The summed E-state index contributed by atoms with van der Waals surface area (Å²) in [5.41, 5.74) is 2.04. The highest BCUT2D eigenvalue weighted by molar-refractivity contribution is 5.82. The summed E-state index contributed by atoms with van der Waals surface area (Å²) in [6.45, 7) is 0.855. The average Bonchev–Trinajstić information content (AvgIpc) is 2.59. The minimum Gasteiger partial charge on any atom is -0.497 e. The number of carbonyl (C=O) groups excluding carboxylic acids is 1. The summed E-state index contributed by atoms with van der Waals surface area (Å²) in [5, 5.41) is 9.91. The first-order valence-electron chi connectivity index (χ1n) is 7.46. The number of hydrogen-bond acceptors (Lipinski definition) is 3. The van der Waals surface area contributed by atoms with Gasteiger partial charge in [0, 0.05) is 13.6 Å². The summed E-state index contributed by atoms with van der Waals surface area (Å²) >= 11 is 0. The van der Waals surface area contributed by atoms with Crippen molar-refractivity contribution < 1.29 is 14.6 Å². The van der Waals surface area contributed by atoms with Gasteiger partial charge < -0.3 is 14.7 Å². The second kappa shape index (κ2) is 8.76. The molecule has 1 N–H and O–H groups in total. The first-order valence-corrected chi connectivity index (χ1v) is 7.46. The molecule has 0 aliphatic rings. The Morgan fingerprint density at radius 1 is 1.09 bits per heavy atom. The van der Waals surface area contributed by atoms with Crippen LogP contribution in [0.15, 0.2) is 73.0 Å². The Morgan fingerprint density at radius 2 is 1.65 bits per heavy atom. The van der Waals surface area contributed by atoms with E-state index in [9.17, 15) is 9.90 Å². The summed E-state index contributed by atoms with van der Waals surface area (Å²) in [6.07, 6.45) is 1.51. The van der Waals surface area contributed by atoms with Crippen LogP contribution in [0.3, 0.4) is 0 Å². The fourth-order valence-electron chi connectivity index (χ4n) is 2.09. The van der Waals surface area contributed by atoms with Crippen molar-refractivity contribution in [3.05, 3.63) is 84.1 Å². The molecule has 0 saturated heterocycles. The molecule has 0 saturated carbocycles. The monoisotopic (exact) mass is 311 g/mol. The molecular formula is C19H21NO3. The van der Waals surface area contributed by atoms with Gasteiger partial charge >= 0.3 is 0 Å². The molecule has 1 unspecified atom stereocenters. The second-order valence-corrected chi connectivity index (χ2v) is 5.25. The summed E-state index contributed by atoms with van der Waals surface area (Å²) in [4.78, 5) is 13.6. The van der Waals surface area contributed by atoms with Gasteiger partial charge in [-0.2, -0.15) is 0 Å². The zero-order valence-electron chi connectivity index (χ0n) is 13.1. The number of rotatable bonds is 7. The zero-order chi connectivity index (χ0) is 16.5. The van der Waals surface area contributed by atoms with E-state index in [4.69, 9.17) is 4.74 Å². The fraction of sp³-hybridized carbons (Fsp3) is 0.211. The lowest BCUT2D eigenvalue weighted by atomic mass is 10.2. The normalized spacial score (nSPS) is 12.1. The second-order valence-electron chi connectivity index (χ2n) is 5.25. The lowest BCUT2D eigenvalue weighted by Gasteiger charge is -2.19. The van der Waals surface area contributed by atoms with Crippen LogP contribution in [-0.4, -0.2) is 29.1 Å². The Kier molecular flexibility index (Phi) is 6.39. The molecule has 120 valence electrons. The third kappa shape index (κ3) is 5.60. The van der Waals surface area contributed by atoms with Crippen LogP contribution in [0.2, 0.25) is 0 Å². The molecule has 0 heterocycles. The minimum atomic E-state index is -1.21. The molecule has 23 heavy (non-hydrogen) atoms. The maximum absolute atomic E-state index is 12.1. The van der Waals surface area contributed by atoms with E-state index in [1.54, 1.807) is 7.05 Å². The van der Waals surface area contributed by atoms with Gasteiger partial charge in [-0.3, -0.25) is 4.79 Å². The van der Waals surface area contributed by atoms with Gasteiger partial charge in [-0.25, -0.2) is 0 Å². The number of benzene rings is 2. The van der Waals surface area contributed by atoms with E-state index in [0.717, 1.165) is 11.1 Å². The number of aliphatic hydroxyl groups is 1. The number of hydrogen-bond donors (Lipinski definition) is 1. The van der Waals surface area contributed by atoms with Gasteiger partial charge in [0.2, 0.25) is 0 Å². The van der Waals surface area contributed by atoms with E-state index >= 15 is 0 Å². The number of amides is 1. The van der Waals surface area contributed by atoms with E-state index < -0.39 is 6.10 Å². The molecule has 4 nitrogen and oxygen atoms in total. The van der Waals surface area contributed by atoms with Crippen molar-refractivity contribution in [2.45, 2.75) is 19.3 Å². The van der Waals surface area contributed by atoms with Gasteiger partial charge in [-0.05, 0) is 17.2 Å². The van der Waals surface area contributed by atoms with Crippen LogP contribution in [0.25, 0.3) is 0 Å². The quantitative estimate of drug-likeness (QED) is 0.800. The molecular weight excluding hydrogens is 290 g/mol. The summed E-state index contributed by atoms with van der Waals surface area (Å²) in [7, 11) is 1.66. The number of aliphatic hydroxyl groups excluding tert-OH is 1. The highest BCUT2D eigenvalue weighted by Crippen LogP contribution is 2.05. The molecule has 0 aliphatic heterocycles. The van der Waals surface area contributed by atoms with Gasteiger partial charge in [-0.15, -0.1) is 0 Å². The first-order chi connectivity index (χ1) is 11.2. The van der Waals surface area contributed by atoms with Crippen LogP contribution < -0.4 is 0 Å². The third-order valence-electron chi connectivity index (χ3n) is 3.34. The van der Waals surface area contributed by atoms with Gasteiger partial charge in [0.1, 0.15) is 6.61 Å². The van der Waals surface area contributed by atoms with Crippen LogP contribution in [0.1, 0.15) is 11.1 Å². The number of ether oxygens (including phenoxy) is 1. The maximum atomic E-state index is 12.1. The molecule has 1 atom stereocenters. The zero-order valence-corrected chi connectivity index (χ0v) is 13.1. The van der Waals surface area contributed by atoms with Crippen molar-refractivity contribution in [2.24, 2.45) is 0 Å². The molecule has 2 aromatic rings. The molecule has 1 amide bonds. The Balaban J connectivity index is 1.78. The van der Waals surface area contributed by atoms with Crippen molar-refractivity contribution in [3.8, 4) is 0 Å². The predicted octanol–water partition coefficient (Wildman–Crippen LogP) is 2.74. The number of carbonyl (C=O) groups is 1. The van der Waals surface area contributed by atoms with Crippen molar-refractivity contribution >= 4 is 5.91 Å². The Morgan fingerprint density at radius 3 is 2.26 bits per heavy atom. The summed E-state index contributed by atoms with van der Waals surface area (Å²) in [6, 6.07) is 19.3. The molecule has 0 aromatic heterocycles. The summed E-state index contributed by atoms with van der Waals surface area (Å²) in [5.74, 6) is -0.367. The van der Waals surface area contributed by atoms with Gasteiger partial charge in [0.25, 0.3) is 5.91 Å². The smallest absolute Gasteiger partial charge is 0.255 e. The van der Waals surface area contributed by atoms with E-state index in [1.807, 2.05) is 60.7 Å². The summed E-state index contributed by atoms with van der Waals surface area (Å²) < 4.78 is 5.33. The molecule has 0 radical (unpaired) electrons. The largest absolute Gasteiger partial charge is 0.497 e. The predicted molar refractivity (Wildman–Crippen MR) is 89.3 cm³/mol. The van der Waals surface area contributed by atoms with Crippen molar-refractivity contribution in [2.75, 3.05) is 7.05 Å². The molecule has 4 heteroatoms. The van der Waals surface area contributed by atoms with Crippen molar-refractivity contribution in [1.82, 2.24) is 4.90 Å². The van der Waals surface area contributed by atoms with Crippen LogP contribution in [-0.2, 0) is 22.7 Å². The Hall–Kier alpha value is -2.59. The topological polar surface area (TPSA) is 49.8 Å². The molecule has 2 rings (SSSR count). The standard InChI is InChI=1S/C19H21NO3/c1-20(14-16-8-4-2-5-9-16)19(22)18(21)12-13-23-15-17-10-6-3-7-11-17/h2-13,18,21H,14-15H2,1H3/b13-12+. The molecule has 0 spiro atoms. The van der Waals surface area contributed by atoms with E-state index in [-0.39, 0.29) is 5.91 Å². The fourth-order valence-corrected chi connectivity index (χ4v) is 2.09. The lowest BCUT2D eigenvalue weighted by Crippen LogP contribution is -2.34. The Labute approximate surface area is 136 Å². The van der Waals surface area contributed by atoms with Crippen molar-refractivity contribution in [3.63, 3.8) is 0 Å². The molecule has 2 aromatic carbocycles. The average molecular weight is 311 g/mol. The van der Waals surface area contributed by atoms with Gasteiger partial charge in [0.05, 0.1) is 6.26 Å². The van der Waals surface area contributed by atoms with Gasteiger partial charge in [-0.1, -0.05) is 60.7 Å². The number of nitrogens with zero attached hydrogens (tertiary/aromatic N) is 1. The highest BCUT2D eigenvalue weighted by Gasteiger charge is 2.16. The molecule has 0 bridgehead atoms. The van der Waals surface area contributed by atoms with E-state index in [0.29, 0.717) is 13.2 Å². The maximum Gasteiger partial charge on any atom is 0.255 e. The van der Waals surface area contributed by atoms with Crippen LogP contribution in [0.5, 0.6) is 0 Å². The molecule has 0 aliphatic carbocycles. The van der Waals surface area contributed by atoms with E-state index in [2.05, 4.69) is 0 Å². The lowest BCUT2D eigenvalue weighted by molar-refractivity contribution is -0.137. The van der Waals surface area contributed by atoms with Crippen LogP contribution >= 0.6 is 0 Å². The van der Waals surface area contributed by atoms with Gasteiger partial charge in [0.15, 0.2) is 6.10 Å². The van der Waals surface area contributed by atoms with E-state index in [1.165, 1.54) is 17.2 Å². The number of likely N-dealkylation sites (N-methyl/N-ethyl adjacent to an activating group) is 1. The third-order valence-corrected chi connectivity index (χ3v) is 3.34. The molecule has 0 fully saturated rings. The minimum absolute atomic E-state index is 0.367. The highest BCUT2D eigenvalue weighted by atomic mass is 16.5. The first kappa shape index (κ1) is 16.8. The van der Waals surface area contributed by atoms with Crippen molar-refractivity contribution in [1.29, 1.82) is 0 Å². The Bertz CT molecular complexity index is 626.